The van der Waals surface area contributed by atoms with Crippen molar-refractivity contribution in [1.29, 1.82) is 0 Å². The second kappa shape index (κ2) is 8.63. The summed E-state index contributed by atoms with van der Waals surface area (Å²) < 4.78 is 5.25. The van der Waals surface area contributed by atoms with Crippen molar-refractivity contribution in [3.8, 4) is 0 Å². The number of carbonyl (C=O) groups excluding carboxylic acids is 1. The summed E-state index contributed by atoms with van der Waals surface area (Å²) in [5, 5.41) is 5.23. The molecule has 0 spiro atoms. The Kier molecular flexibility index (Phi) is 5.78. The van der Waals surface area contributed by atoms with Gasteiger partial charge in [0.2, 0.25) is 0 Å². The molecule has 2 atom stereocenters. The van der Waals surface area contributed by atoms with E-state index in [0.717, 1.165) is 26.2 Å². The number of amides is 1. The van der Waals surface area contributed by atoms with E-state index in [-0.39, 0.29) is 18.0 Å². The zero-order chi connectivity index (χ0) is 19.3. The molecule has 28 heavy (non-hydrogen) atoms. The first kappa shape index (κ1) is 18.8. The molecule has 2 aromatic heterocycles. The largest absolute Gasteiger partial charge is 0.459 e. The van der Waals surface area contributed by atoms with Gasteiger partial charge < -0.3 is 14.6 Å². The van der Waals surface area contributed by atoms with Gasteiger partial charge in [-0.15, -0.1) is 11.3 Å². The molecule has 1 aliphatic rings. The van der Waals surface area contributed by atoms with E-state index in [1.807, 2.05) is 0 Å². The Bertz CT molecular complexity index is 857. The molecule has 1 N–H and O–H groups in total. The van der Waals surface area contributed by atoms with Crippen molar-refractivity contribution in [2.45, 2.75) is 19.0 Å². The Balaban J connectivity index is 1.46. The number of piperazine rings is 1. The lowest BCUT2D eigenvalue weighted by Crippen LogP contribution is -2.52. The molecule has 3 heterocycles. The lowest BCUT2D eigenvalue weighted by Gasteiger charge is -2.42. The molecular formula is C22H25N3O2S. The van der Waals surface area contributed by atoms with Gasteiger partial charge in [0.25, 0.3) is 5.91 Å². The second-order valence-corrected chi connectivity index (χ2v) is 8.04. The topological polar surface area (TPSA) is 48.7 Å². The molecule has 1 aliphatic heterocycles. The van der Waals surface area contributed by atoms with Crippen molar-refractivity contribution in [3.05, 3.63) is 76.9 Å². The molecule has 5 nitrogen and oxygen atoms in total. The van der Waals surface area contributed by atoms with Crippen LogP contribution in [0.1, 0.15) is 28.4 Å². The van der Waals surface area contributed by atoms with Crippen molar-refractivity contribution >= 4 is 22.9 Å². The smallest absolute Gasteiger partial charge is 0.287 e. The Morgan fingerprint density at radius 3 is 2.46 bits per heavy atom. The fourth-order valence-electron chi connectivity index (χ4n) is 3.86. The van der Waals surface area contributed by atoms with Crippen LogP contribution in [0.4, 0.5) is 5.69 Å². The normalized spacial score (nSPS) is 17.2. The summed E-state index contributed by atoms with van der Waals surface area (Å²) in [6.07, 6.45) is 1.53. The van der Waals surface area contributed by atoms with Crippen molar-refractivity contribution in [1.82, 2.24) is 10.2 Å². The number of furan rings is 1. The fourth-order valence-corrected chi connectivity index (χ4v) is 4.83. The van der Waals surface area contributed by atoms with Crippen molar-refractivity contribution in [2.24, 2.45) is 0 Å². The first-order valence-electron chi connectivity index (χ1n) is 9.64. The zero-order valence-corrected chi connectivity index (χ0v) is 16.8. The maximum absolute atomic E-state index is 12.5. The second-order valence-electron chi connectivity index (χ2n) is 7.06. The van der Waals surface area contributed by atoms with Crippen LogP contribution in [0, 0.1) is 0 Å². The van der Waals surface area contributed by atoms with E-state index in [4.69, 9.17) is 4.42 Å². The van der Waals surface area contributed by atoms with Gasteiger partial charge >= 0.3 is 0 Å². The van der Waals surface area contributed by atoms with Gasteiger partial charge in [-0.2, -0.15) is 0 Å². The summed E-state index contributed by atoms with van der Waals surface area (Å²) in [4.78, 5) is 18.7. The SMILES string of the molecule is C[C@H](NC(=O)c1ccco1)[C@@H](c1cccs1)N1CCN(c2ccccc2)CC1. The van der Waals surface area contributed by atoms with Gasteiger partial charge in [0, 0.05) is 42.8 Å². The molecule has 4 rings (SSSR count). The highest BCUT2D eigenvalue weighted by molar-refractivity contribution is 7.10. The van der Waals surface area contributed by atoms with E-state index < -0.39 is 0 Å². The van der Waals surface area contributed by atoms with E-state index in [9.17, 15) is 4.79 Å². The standard InChI is InChI=1S/C22H25N3O2S/c1-17(23-22(26)19-9-5-15-27-19)21(20-10-6-16-28-20)25-13-11-24(12-14-25)18-7-3-2-4-8-18/h2-10,15-17,21H,11-14H2,1H3,(H,23,26)/t17-,21-/m0/s1. The summed E-state index contributed by atoms with van der Waals surface area (Å²) in [5.74, 6) is 0.188. The minimum Gasteiger partial charge on any atom is -0.459 e. The Hall–Kier alpha value is -2.57. The third-order valence-corrected chi connectivity index (χ3v) is 6.18. The number of rotatable bonds is 6. The molecule has 6 heteroatoms. The quantitative estimate of drug-likeness (QED) is 0.685. The van der Waals surface area contributed by atoms with Gasteiger partial charge in [-0.25, -0.2) is 0 Å². The number of nitrogens with one attached hydrogen (secondary N) is 1. The molecule has 0 aliphatic carbocycles. The molecule has 1 saturated heterocycles. The third-order valence-electron chi connectivity index (χ3n) is 5.24. The summed E-state index contributed by atoms with van der Waals surface area (Å²) in [7, 11) is 0. The highest BCUT2D eigenvalue weighted by Crippen LogP contribution is 2.30. The van der Waals surface area contributed by atoms with Crippen LogP contribution in [-0.4, -0.2) is 43.0 Å². The molecule has 3 aromatic rings. The van der Waals surface area contributed by atoms with E-state index >= 15 is 0 Å². The first-order chi connectivity index (χ1) is 13.7. The van der Waals surface area contributed by atoms with Gasteiger partial charge in [-0.3, -0.25) is 9.69 Å². The predicted octanol–water partition coefficient (Wildman–Crippen LogP) is 4.02. The summed E-state index contributed by atoms with van der Waals surface area (Å²) in [5.41, 5.74) is 1.27. The first-order valence-corrected chi connectivity index (χ1v) is 10.5. The van der Waals surface area contributed by atoms with Gasteiger partial charge in [0.15, 0.2) is 5.76 Å². The molecule has 0 unspecified atom stereocenters. The monoisotopic (exact) mass is 395 g/mol. The van der Waals surface area contributed by atoms with E-state index in [1.165, 1.54) is 16.8 Å². The molecule has 0 radical (unpaired) electrons. The highest BCUT2D eigenvalue weighted by atomic mass is 32.1. The number of anilines is 1. The fraction of sp³-hybridized carbons (Fsp3) is 0.318. The average Bonchev–Trinajstić information content (AvgIpc) is 3.44. The maximum Gasteiger partial charge on any atom is 0.287 e. The number of nitrogens with zero attached hydrogens (tertiary/aromatic N) is 2. The Morgan fingerprint density at radius 1 is 1.04 bits per heavy atom. The Morgan fingerprint density at radius 2 is 1.82 bits per heavy atom. The van der Waals surface area contributed by atoms with Crippen molar-refractivity contribution < 1.29 is 9.21 Å². The zero-order valence-electron chi connectivity index (χ0n) is 16.0. The molecule has 0 bridgehead atoms. The van der Waals surface area contributed by atoms with Crippen molar-refractivity contribution in [2.75, 3.05) is 31.1 Å². The van der Waals surface area contributed by atoms with E-state index in [0.29, 0.717) is 5.76 Å². The van der Waals surface area contributed by atoms with Crippen LogP contribution in [0.5, 0.6) is 0 Å². The molecular weight excluding hydrogens is 370 g/mol. The number of hydrogen-bond acceptors (Lipinski definition) is 5. The van der Waals surface area contributed by atoms with Gasteiger partial charge in [-0.05, 0) is 42.6 Å². The third kappa shape index (κ3) is 4.13. The van der Waals surface area contributed by atoms with Crippen LogP contribution in [0.3, 0.4) is 0 Å². The lowest BCUT2D eigenvalue weighted by atomic mass is 10.0. The number of carbonyl (C=O) groups is 1. The van der Waals surface area contributed by atoms with Gasteiger partial charge in [-0.1, -0.05) is 24.3 Å². The van der Waals surface area contributed by atoms with Crippen molar-refractivity contribution in [3.63, 3.8) is 0 Å². The van der Waals surface area contributed by atoms with Crippen LogP contribution in [0.25, 0.3) is 0 Å². The number of thiophene rings is 1. The predicted molar refractivity (Wildman–Crippen MR) is 113 cm³/mol. The van der Waals surface area contributed by atoms with E-state index in [2.05, 4.69) is 69.9 Å². The minimum atomic E-state index is -0.165. The average molecular weight is 396 g/mol. The number of hydrogen-bond donors (Lipinski definition) is 1. The van der Waals surface area contributed by atoms with Crippen LogP contribution >= 0.6 is 11.3 Å². The van der Waals surface area contributed by atoms with E-state index in [1.54, 1.807) is 23.5 Å². The summed E-state index contributed by atoms with van der Waals surface area (Å²) in [6, 6.07) is 18.3. The number of benzene rings is 1. The molecule has 1 fully saturated rings. The lowest BCUT2D eigenvalue weighted by molar-refractivity contribution is 0.0863. The van der Waals surface area contributed by atoms with Gasteiger partial charge in [0.05, 0.1) is 12.3 Å². The molecule has 146 valence electrons. The summed E-state index contributed by atoms with van der Waals surface area (Å²) >= 11 is 1.74. The molecule has 1 amide bonds. The van der Waals surface area contributed by atoms with Crippen LogP contribution in [-0.2, 0) is 0 Å². The Labute approximate surface area is 169 Å². The van der Waals surface area contributed by atoms with Gasteiger partial charge in [0.1, 0.15) is 0 Å². The minimum absolute atomic E-state index is 0.0282. The highest BCUT2D eigenvalue weighted by Gasteiger charge is 2.31. The van der Waals surface area contributed by atoms with Crippen LogP contribution in [0.2, 0.25) is 0 Å². The maximum atomic E-state index is 12.5. The molecule has 1 aromatic carbocycles. The summed E-state index contributed by atoms with van der Waals surface area (Å²) in [6.45, 7) is 5.95. The van der Waals surface area contributed by atoms with Crippen LogP contribution in [0.15, 0.2) is 70.7 Å². The number of para-hydroxylation sites is 1. The molecule has 0 saturated carbocycles. The van der Waals surface area contributed by atoms with Crippen LogP contribution < -0.4 is 10.2 Å².